The number of carbonyl (C=O) groups excluding carboxylic acids is 2. The van der Waals surface area contributed by atoms with Gasteiger partial charge in [0.05, 0.1) is 11.8 Å². The van der Waals surface area contributed by atoms with Crippen LogP contribution in [-0.2, 0) is 0 Å². The molecule has 0 saturated heterocycles. The van der Waals surface area contributed by atoms with E-state index in [1.165, 1.54) is 6.26 Å². The maximum atomic E-state index is 12.5. The number of hydrogen-bond donors (Lipinski definition) is 2. The van der Waals surface area contributed by atoms with E-state index < -0.39 is 0 Å². The predicted molar refractivity (Wildman–Crippen MR) is 99.9 cm³/mol. The Hall–Kier alpha value is -2.86. The number of rotatable bonds is 4. The largest absolute Gasteiger partial charge is 0.459 e. The van der Waals surface area contributed by atoms with Crippen LogP contribution in [0.25, 0.3) is 0 Å². The fourth-order valence-corrected chi connectivity index (χ4v) is 2.73. The zero-order chi connectivity index (χ0) is 17.8. The number of hydrogen-bond acceptors (Lipinski definition) is 3. The number of aryl methyl sites for hydroxylation is 1. The molecule has 1 aromatic heterocycles. The summed E-state index contributed by atoms with van der Waals surface area (Å²) in [5, 5.41) is 5.62. The van der Waals surface area contributed by atoms with E-state index in [0.29, 0.717) is 21.4 Å². The second-order valence-electron chi connectivity index (χ2n) is 5.40. The normalized spacial score (nSPS) is 10.3. The molecule has 0 saturated carbocycles. The molecule has 1 heterocycles. The molecule has 2 N–H and O–H groups in total. The van der Waals surface area contributed by atoms with Crippen LogP contribution in [0.1, 0.15) is 26.5 Å². The van der Waals surface area contributed by atoms with Crippen LogP contribution in [0.4, 0.5) is 11.4 Å². The van der Waals surface area contributed by atoms with Crippen molar-refractivity contribution in [2.75, 3.05) is 10.6 Å². The van der Waals surface area contributed by atoms with Crippen molar-refractivity contribution in [2.24, 2.45) is 0 Å². The van der Waals surface area contributed by atoms with Gasteiger partial charge in [-0.05, 0) is 64.8 Å². The summed E-state index contributed by atoms with van der Waals surface area (Å²) in [5.74, 6) is -0.360. The lowest BCUT2D eigenvalue weighted by Gasteiger charge is -2.12. The van der Waals surface area contributed by atoms with Crippen LogP contribution in [0.2, 0.25) is 0 Å². The average molecular weight is 399 g/mol. The van der Waals surface area contributed by atoms with Crippen LogP contribution < -0.4 is 10.6 Å². The van der Waals surface area contributed by atoms with E-state index >= 15 is 0 Å². The van der Waals surface area contributed by atoms with Gasteiger partial charge in [0.15, 0.2) is 5.76 Å². The van der Waals surface area contributed by atoms with Gasteiger partial charge in [0.25, 0.3) is 11.8 Å². The zero-order valence-electron chi connectivity index (χ0n) is 13.4. The Kier molecular flexibility index (Phi) is 5.00. The molecule has 0 spiro atoms. The van der Waals surface area contributed by atoms with Gasteiger partial charge in [-0.15, -0.1) is 0 Å². The van der Waals surface area contributed by atoms with Crippen LogP contribution >= 0.6 is 15.9 Å². The van der Waals surface area contributed by atoms with Gasteiger partial charge in [0.2, 0.25) is 0 Å². The van der Waals surface area contributed by atoms with Crippen LogP contribution in [0.3, 0.4) is 0 Å². The van der Waals surface area contributed by atoms with E-state index in [4.69, 9.17) is 4.42 Å². The van der Waals surface area contributed by atoms with Gasteiger partial charge in [0, 0.05) is 15.8 Å². The molecule has 0 bridgehead atoms. The first-order chi connectivity index (χ1) is 12.0. The lowest BCUT2D eigenvalue weighted by Crippen LogP contribution is -2.15. The quantitative estimate of drug-likeness (QED) is 0.659. The van der Waals surface area contributed by atoms with Gasteiger partial charge >= 0.3 is 0 Å². The molecule has 0 atom stereocenters. The van der Waals surface area contributed by atoms with Crippen LogP contribution in [0, 0.1) is 6.92 Å². The van der Waals surface area contributed by atoms with Crippen molar-refractivity contribution in [2.45, 2.75) is 6.92 Å². The molecule has 5 nitrogen and oxygen atoms in total. The lowest BCUT2D eigenvalue weighted by atomic mass is 10.1. The first-order valence-corrected chi connectivity index (χ1v) is 8.35. The highest BCUT2D eigenvalue weighted by Crippen LogP contribution is 2.23. The standard InChI is InChI=1S/C19H15BrN2O3/c1-12-8-9-13(21-19(24)17-7-4-10-25-17)11-16(12)22-18(23)14-5-2-3-6-15(14)20/h2-11H,1H3,(H,21,24)(H,22,23). The summed E-state index contributed by atoms with van der Waals surface area (Å²) >= 11 is 3.37. The zero-order valence-corrected chi connectivity index (χ0v) is 15.0. The van der Waals surface area contributed by atoms with Crippen molar-refractivity contribution >= 4 is 39.1 Å². The topological polar surface area (TPSA) is 71.3 Å². The first kappa shape index (κ1) is 17.0. The summed E-state index contributed by atoms with van der Waals surface area (Å²) in [6.45, 7) is 1.88. The summed E-state index contributed by atoms with van der Waals surface area (Å²) in [6.07, 6.45) is 1.44. The molecule has 0 fully saturated rings. The number of nitrogens with one attached hydrogen (secondary N) is 2. The van der Waals surface area contributed by atoms with Crippen LogP contribution in [-0.4, -0.2) is 11.8 Å². The number of furan rings is 1. The third kappa shape index (κ3) is 3.97. The molecule has 2 amide bonds. The molecule has 126 valence electrons. The summed E-state index contributed by atoms with van der Waals surface area (Å²) in [4.78, 5) is 24.5. The second kappa shape index (κ2) is 7.36. The van der Waals surface area contributed by atoms with Crippen molar-refractivity contribution in [3.8, 4) is 0 Å². The van der Waals surface area contributed by atoms with Crippen molar-refractivity contribution in [1.82, 2.24) is 0 Å². The molecule has 0 aliphatic heterocycles. The second-order valence-corrected chi connectivity index (χ2v) is 6.25. The average Bonchev–Trinajstić information content (AvgIpc) is 3.13. The van der Waals surface area contributed by atoms with Gasteiger partial charge in [-0.3, -0.25) is 9.59 Å². The minimum Gasteiger partial charge on any atom is -0.459 e. The number of halogens is 1. The molecule has 3 rings (SSSR count). The SMILES string of the molecule is Cc1ccc(NC(=O)c2ccco2)cc1NC(=O)c1ccccc1Br. The maximum Gasteiger partial charge on any atom is 0.291 e. The van der Waals surface area contributed by atoms with Crippen molar-refractivity contribution in [3.05, 3.63) is 82.2 Å². The third-order valence-electron chi connectivity index (χ3n) is 3.61. The van der Waals surface area contributed by atoms with Gasteiger partial charge in [-0.1, -0.05) is 18.2 Å². The summed E-state index contributed by atoms with van der Waals surface area (Å²) in [6, 6.07) is 15.7. The number of benzene rings is 2. The van der Waals surface area contributed by atoms with E-state index in [1.54, 1.807) is 36.4 Å². The highest BCUT2D eigenvalue weighted by Gasteiger charge is 2.13. The van der Waals surface area contributed by atoms with E-state index in [1.807, 2.05) is 25.1 Å². The predicted octanol–water partition coefficient (Wildman–Crippen LogP) is 4.86. The number of carbonyl (C=O) groups is 2. The number of amides is 2. The van der Waals surface area contributed by atoms with Crippen LogP contribution in [0.5, 0.6) is 0 Å². The molecule has 2 aromatic carbocycles. The van der Waals surface area contributed by atoms with Gasteiger partial charge < -0.3 is 15.1 Å². The van der Waals surface area contributed by atoms with E-state index in [9.17, 15) is 9.59 Å². The fraction of sp³-hybridized carbons (Fsp3) is 0.0526. The van der Waals surface area contributed by atoms with Crippen molar-refractivity contribution in [3.63, 3.8) is 0 Å². The summed E-state index contributed by atoms with van der Waals surface area (Å²) in [7, 11) is 0. The van der Waals surface area contributed by atoms with Crippen LogP contribution in [0.15, 0.2) is 69.8 Å². The molecule has 0 aliphatic rings. The Morgan fingerprint density at radius 1 is 0.960 bits per heavy atom. The molecular weight excluding hydrogens is 384 g/mol. The molecule has 6 heteroatoms. The highest BCUT2D eigenvalue weighted by molar-refractivity contribution is 9.10. The Labute approximate surface area is 153 Å². The smallest absolute Gasteiger partial charge is 0.291 e. The number of anilines is 2. The summed E-state index contributed by atoms with van der Waals surface area (Å²) < 4.78 is 5.79. The molecule has 0 radical (unpaired) electrons. The maximum absolute atomic E-state index is 12.5. The Morgan fingerprint density at radius 3 is 2.48 bits per heavy atom. The lowest BCUT2D eigenvalue weighted by molar-refractivity contribution is 0.0995. The fourth-order valence-electron chi connectivity index (χ4n) is 2.27. The van der Waals surface area contributed by atoms with Gasteiger partial charge in [-0.2, -0.15) is 0 Å². The highest BCUT2D eigenvalue weighted by atomic mass is 79.9. The molecule has 25 heavy (non-hydrogen) atoms. The molecule has 0 unspecified atom stereocenters. The Morgan fingerprint density at radius 2 is 1.76 bits per heavy atom. The van der Waals surface area contributed by atoms with E-state index in [2.05, 4.69) is 26.6 Å². The molecular formula is C19H15BrN2O3. The summed E-state index contributed by atoms with van der Waals surface area (Å²) in [5.41, 5.74) is 2.61. The van der Waals surface area contributed by atoms with Crippen molar-refractivity contribution < 1.29 is 14.0 Å². The third-order valence-corrected chi connectivity index (χ3v) is 4.30. The molecule has 0 aliphatic carbocycles. The molecule has 3 aromatic rings. The van der Waals surface area contributed by atoms with Crippen molar-refractivity contribution in [1.29, 1.82) is 0 Å². The Bertz CT molecular complexity index is 920. The van der Waals surface area contributed by atoms with Gasteiger partial charge in [0.1, 0.15) is 0 Å². The first-order valence-electron chi connectivity index (χ1n) is 7.56. The van der Waals surface area contributed by atoms with E-state index in [0.717, 1.165) is 5.56 Å². The van der Waals surface area contributed by atoms with Gasteiger partial charge in [-0.25, -0.2) is 0 Å². The minimum atomic E-state index is -0.350. The Balaban J connectivity index is 1.79. The van der Waals surface area contributed by atoms with E-state index in [-0.39, 0.29) is 17.6 Å². The monoisotopic (exact) mass is 398 g/mol. The minimum absolute atomic E-state index is 0.222.